The molecule has 0 unspecified atom stereocenters. The van der Waals surface area contributed by atoms with Crippen molar-refractivity contribution in [3.05, 3.63) is 105 Å². The summed E-state index contributed by atoms with van der Waals surface area (Å²) < 4.78 is 7.32. The van der Waals surface area contributed by atoms with Crippen LogP contribution in [0.2, 0.25) is 0 Å². The Bertz CT molecular complexity index is 1280. The van der Waals surface area contributed by atoms with Gasteiger partial charge in [-0.2, -0.15) is 0 Å². The van der Waals surface area contributed by atoms with E-state index in [1.54, 1.807) is 15.8 Å². The van der Waals surface area contributed by atoms with Crippen molar-refractivity contribution < 1.29 is 14.6 Å². The molecule has 2 bridgehead atoms. The summed E-state index contributed by atoms with van der Waals surface area (Å²) >= 11 is 0. The molecule has 2 aliphatic heterocycles. The molecule has 3 heterocycles. The normalized spacial score (nSPS) is 16.8. The molecule has 1 N–H and O–H groups in total. The summed E-state index contributed by atoms with van der Waals surface area (Å²) in [6.45, 7) is 2.03. The lowest BCUT2D eigenvalue weighted by atomic mass is 9.95. The van der Waals surface area contributed by atoms with E-state index in [1.165, 1.54) is 17.2 Å². The van der Waals surface area contributed by atoms with Crippen LogP contribution in [0.1, 0.15) is 32.7 Å². The molecule has 1 amide bonds. The molecular formula is C27H27N3O4. The Balaban J connectivity index is 1.57. The van der Waals surface area contributed by atoms with Crippen molar-refractivity contribution in [1.29, 1.82) is 0 Å². The molecule has 7 nitrogen and oxygen atoms in total. The van der Waals surface area contributed by atoms with Gasteiger partial charge in [-0.25, -0.2) is 0 Å². The van der Waals surface area contributed by atoms with Gasteiger partial charge in [-0.1, -0.05) is 60.7 Å². The lowest BCUT2D eigenvalue weighted by Gasteiger charge is -2.40. The highest BCUT2D eigenvalue weighted by Gasteiger charge is 2.32. The lowest BCUT2D eigenvalue weighted by molar-refractivity contribution is 0.0597. The number of aromatic hydroxyl groups is 1. The lowest BCUT2D eigenvalue weighted by Crippen LogP contribution is -2.54. The molecule has 3 aromatic rings. The Kier molecular flexibility index (Phi) is 6.18. The fourth-order valence-corrected chi connectivity index (χ4v) is 4.57. The Morgan fingerprint density at radius 1 is 0.971 bits per heavy atom. The summed E-state index contributed by atoms with van der Waals surface area (Å²) in [6, 6.07) is 18.0. The third-order valence-corrected chi connectivity index (χ3v) is 6.38. The van der Waals surface area contributed by atoms with Crippen molar-refractivity contribution in [1.82, 2.24) is 9.58 Å². The van der Waals surface area contributed by atoms with Gasteiger partial charge in [0.15, 0.2) is 11.4 Å². The van der Waals surface area contributed by atoms with E-state index in [1.807, 2.05) is 17.2 Å². The fourth-order valence-electron chi connectivity index (χ4n) is 4.57. The van der Waals surface area contributed by atoms with Gasteiger partial charge in [-0.3, -0.25) is 19.3 Å². The van der Waals surface area contributed by atoms with Crippen LogP contribution in [-0.4, -0.2) is 47.0 Å². The third-order valence-electron chi connectivity index (χ3n) is 6.38. The van der Waals surface area contributed by atoms with E-state index in [-0.39, 0.29) is 11.6 Å². The summed E-state index contributed by atoms with van der Waals surface area (Å²) in [5.41, 5.74) is 4.16. The van der Waals surface area contributed by atoms with Crippen LogP contribution in [0.5, 0.6) is 5.75 Å². The number of nitrogens with zero attached hydrogens (tertiary/aromatic N) is 3. The molecule has 0 fully saturated rings. The molecule has 1 aromatic heterocycles. The molecule has 0 atom stereocenters. The predicted octanol–water partition coefficient (Wildman–Crippen LogP) is 2.93. The van der Waals surface area contributed by atoms with Crippen LogP contribution in [-0.2, 0) is 24.1 Å². The van der Waals surface area contributed by atoms with E-state index in [9.17, 15) is 14.7 Å². The average molecular weight is 458 g/mol. The SMILES string of the molecule is O=C1c2c(O)c(=O)ccn2N2Cc3c(cccc3CCc3ccccc3)/C=C\COCCN1C2. The number of rotatable bonds is 3. The van der Waals surface area contributed by atoms with E-state index in [4.69, 9.17) is 4.74 Å². The van der Waals surface area contributed by atoms with E-state index >= 15 is 0 Å². The smallest absolute Gasteiger partial charge is 0.277 e. The van der Waals surface area contributed by atoms with Gasteiger partial charge in [0.2, 0.25) is 5.43 Å². The van der Waals surface area contributed by atoms with Gasteiger partial charge in [0, 0.05) is 18.8 Å². The summed E-state index contributed by atoms with van der Waals surface area (Å²) in [5, 5.41) is 12.5. The Morgan fingerprint density at radius 2 is 1.82 bits per heavy atom. The average Bonchev–Trinajstić information content (AvgIpc) is 2.85. The number of aromatic nitrogens is 1. The maximum absolute atomic E-state index is 13.1. The van der Waals surface area contributed by atoms with Crippen LogP contribution in [0.25, 0.3) is 6.08 Å². The monoisotopic (exact) mass is 457 g/mol. The minimum atomic E-state index is -0.564. The Hall–Kier alpha value is -3.84. The summed E-state index contributed by atoms with van der Waals surface area (Å²) in [5.74, 6) is -0.895. The largest absolute Gasteiger partial charge is 0.502 e. The minimum Gasteiger partial charge on any atom is -0.502 e. The van der Waals surface area contributed by atoms with Gasteiger partial charge in [-0.05, 0) is 35.1 Å². The van der Waals surface area contributed by atoms with Crippen molar-refractivity contribution in [3.8, 4) is 5.75 Å². The number of ether oxygens (including phenoxy) is 1. The second kappa shape index (κ2) is 9.57. The molecule has 34 heavy (non-hydrogen) atoms. The number of pyridine rings is 1. The number of carbonyl (C=O) groups is 1. The van der Waals surface area contributed by atoms with Crippen LogP contribution >= 0.6 is 0 Å². The molecular weight excluding hydrogens is 430 g/mol. The zero-order valence-corrected chi connectivity index (χ0v) is 18.9. The van der Waals surface area contributed by atoms with Gasteiger partial charge < -0.3 is 14.7 Å². The number of hydrogen-bond acceptors (Lipinski definition) is 5. The van der Waals surface area contributed by atoms with Gasteiger partial charge in [-0.15, -0.1) is 0 Å². The van der Waals surface area contributed by atoms with Crippen molar-refractivity contribution in [2.75, 3.05) is 31.4 Å². The van der Waals surface area contributed by atoms with Crippen LogP contribution in [0.4, 0.5) is 0 Å². The van der Waals surface area contributed by atoms with Gasteiger partial charge in [0.25, 0.3) is 5.91 Å². The van der Waals surface area contributed by atoms with Crippen LogP contribution in [0.15, 0.2) is 71.7 Å². The fraction of sp³-hybridized carbons (Fsp3) is 0.259. The predicted molar refractivity (Wildman–Crippen MR) is 130 cm³/mol. The molecule has 0 aliphatic carbocycles. The quantitative estimate of drug-likeness (QED) is 0.655. The first-order valence-corrected chi connectivity index (χ1v) is 11.5. The Morgan fingerprint density at radius 3 is 2.68 bits per heavy atom. The van der Waals surface area contributed by atoms with Crippen molar-refractivity contribution in [3.63, 3.8) is 0 Å². The van der Waals surface area contributed by atoms with Gasteiger partial charge in [0.05, 0.1) is 19.8 Å². The molecule has 0 saturated carbocycles. The number of benzene rings is 2. The van der Waals surface area contributed by atoms with Crippen LogP contribution in [0, 0.1) is 0 Å². The van der Waals surface area contributed by atoms with E-state index < -0.39 is 11.2 Å². The topological polar surface area (TPSA) is 75.0 Å². The number of carbonyl (C=O) groups excluding carboxylic acids is 1. The molecule has 0 saturated heterocycles. The molecule has 174 valence electrons. The Labute approximate surface area is 198 Å². The van der Waals surface area contributed by atoms with Gasteiger partial charge >= 0.3 is 0 Å². The van der Waals surface area contributed by atoms with E-state index in [0.717, 1.165) is 24.0 Å². The number of hydrogen-bond donors (Lipinski definition) is 1. The number of aryl methyl sites for hydroxylation is 2. The van der Waals surface area contributed by atoms with Crippen molar-refractivity contribution in [2.45, 2.75) is 19.4 Å². The first-order valence-electron chi connectivity index (χ1n) is 11.5. The molecule has 7 heteroatoms. The molecule has 0 radical (unpaired) electrons. The van der Waals surface area contributed by atoms with Crippen molar-refractivity contribution in [2.24, 2.45) is 0 Å². The standard InChI is InChI=1S/C27H27N3O4/c31-24-13-14-30-25(26(24)32)27(33)28-15-17-34-16-5-10-21-8-4-9-22(23(21)18-29(30)19-28)12-11-20-6-2-1-3-7-20/h1-10,13-14,32H,11-12,15-19H2/b10-5-. The highest BCUT2D eigenvalue weighted by molar-refractivity contribution is 5.96. The zero-order valence-electron chi connectivity index (χ0n) is 18.9. The second-order valence-corrected chi connectivity index (χ2v) is 8.54. The minimum absolute atomic E-state index is 0.00494. The first-order chi connectivity index (χ1) is 16.6. The van der Waals surface area contributed by atoms with E-state index in [0.29, 0.717) is 33.0 Å². The van der Waals surface area contributed by atoms with Crippen molar-refractivity contribution >= 4 is 12.0 Å². The molecule has 5 rings (SSSR count). The number of fused-ring (bicyclic) bond motifs is 5. The van der Waals surface area contributed by atoms with Gasteiger partial charge in [0.1, 0.15) is 6.67 Å². The first kappa shape index (κ1) is 22.0. The molecule has 2 aromatic carbocycles. The summed E-state index contributed by atoms with van der Waals surface area (Å²) in [6.07, 6.45) is 7.44. The van der Waals surface area contributed by atoms with E-state index in [2.05, 4.69) is 48.5 Å². The summed E-state index contributed by atoms with van der Waals surface area (Å²) in [7, 11) is 0. The third kappa shape index (κ3) is 4.34. The van der Waals surface area contributed by atoms with Crippen LogP contribution in [0.3, 0.4) is 0 Å². The summed E-state index contributed by atoms with van der Waals surface area (Å²) in [4.78, 5) is 26.8. The maximum atomic E-state index is 13.1. The van der Waals surface area contributed by atoms with Crippen LogP contribution < -0.4 is 10.4 Å². The molecule has 0 spiro atoms. The second-order valence-electron chi connectivity index (χ2n) is 8.54. The maximum Gasteiger partial charge on any atom is 0.277 e. The molecule has 2 aliphatic rings. The highest BCUT2D eigenvalue weighted by atomic mass is 16.5. The zero-order chi connectivity index (χ0) is 23.5. The highest BCUT2D eigenvalue weighted by Crippen LogP contribution is 2.25. The number of amides is 1.